The molecule has 1 fully saturated rings. The summed E-state index contributed by atoms with van der Waals surface area (Å²) in [5.41, 5.74) is 0.472. The van der Waals surface area contributed by atoms with Crippen molar-refractivity contribution in [3.63, 3.8) is 0 Å². The molecule has 0 radical (unpaired) electrons. The molecule has 2 N–H and O–H groups in total. The number of nitrogens with one attached hydrogen (secondary N) is 2. The number of guanidine groups is 1. The molecule has 4 nitrogen and oxygen atoms in total. The maximum atomic E-state index is 13.5. The van der Waals surface area contributed by atoms with Gasteiger partial charge in [0.15, 0.2) is 5.96 Å². The van der Waals surface area contributed by atoms with Gasteiger partial charge in [-0.15, -0.1) is 0 Å². The Morgan fingerprint density at radius 1 is 1.32 bits per heavy atom. The first-order valence-corrected chi connectivity index (χ1v) is 7.56. The summed E-state index contributed by atoms with van der Waals surface area (Å²) in [7, 11) is 0. The van der Waals surface area contributed by atoms with Crippen molar-refractivity contribution < 1.29 is 13.5 Å². The van der Waals surface area contributed by atoms with Crippen LogP contribution in [0.25, 0.3) is 0 Å². The molecule has 0 aliphatic carbocycles. The molecule has 1 saturated heterocycles. The topological polar surface area (TPSA) is 45.7 Å². The average molecular weight is 311 g/mol. The molecule has 1 aromatic carbocycles. The second-order valence-corrected chi connectivity index (χ2v) is 5.91. The summed E-state index contributed by atoms with van der Waals surface area (Å²) < 4.78 is 31.9. The highest BCUT2D eigenvalue weighted by molar-refractivity contribution is 5.79. The average Bonchev–Trinajstić information content (AvgIpc) is 2.46. The van der Waals surface area contributed by atoms with Crippen LogP contribution in [0.1, 0.15) is 19.4 Å². The maximum Gasteiger partial charge on any atom is 0.191 e. The highest BCUT2D eigenvalue weighted by atomic mass is 19.1. The molecule has 0 atom stereocenters. The van der Waals surface area contributed by atoms with Crippen LogP contribution < -0.4 is 10.6 Å². The number of rotatable bonds is 6. The zero-order valence-electron chi connectivity index (χ0n) is 13.1. The third kappa shape index (κ3) is 4.66. The van der Waals surface area contributed by atoms with Crippen molar-refractivity contribution in [2.75, 3.05) is 32.8 Å². The minimum atomic E-state index is -0.421. The summed E-state index contributed by atoms with van der Waals surface area (Å²) in [6.07, 6.45) is 0.397. The maximum absolute atomic E-state index is 13.5. The Morgan fingerprint density at radius 2 is 2.09 bits per heavy atom. The Hall–Kier alpha value is -1.69. The van der Waals surface area contributed by atoms with Crippen LogP contribution in [-0.4, -0.2) is 38.8 Å². The van der Waals surface area contributed by atoms with E-state index >= 15 is 0 Å². The molecule has 0 amide bonds. The predicted molar refractivity (Wildman–Crippen MR) is 83.0 cm³/mol. The van der Waals surface area contributed by atoms with Gasteiger partial charge in [-0.2, -0.15) is 0 Å². The number of benzene rings is 1. The zero-order chi connectivity index (χ0) is 16.0. The molecule has 6 heteroatoms. The standard InChI is InChI=1S/C16H23F2N3O/c1-3-19-15(21-9-16(2)10-22-11-16)20-7-6-12-8-13(17)4-5-14(12)18/h4-5,8H,3,6-7,9-11H2,1-2H3,(H2,19,20,21). The lowest BCUT2D eigenvalue weighted by Gasteiger charge is -2.36. The van der Waals surface area contributed by atoms with Crippen LogP contribution in [0, 0.1) is 17.0 Å². The molecule has 0 saturated carbocycles. The number of ether oxygens (including phenoxy) is 1. The van der Waals surface area contributed by atoms with Crippen molar-refractivity contribution in [1.82, 2.24) is 10.6 Å². The number of nitrogens with zero attached hydrogens (tertiary/aromatic N) is 1. The van der Waals surface area contributed by atoms with E-state index in [9.17, 15) is 8.78 Å². The summed E-state index contributed by atoms with van der Waals surface area (Å²) >= 11 is 0. The largest absolute Gasteiger partial charge is 0.380 e. The van der Waals surface area contributed by atoms with Crippen molar-refractivity contribution in [1.29, 1.82) is 0 Å². The zero-order valence-corrected chi connectivity index (χ0v) is 13.1. The molecule has 1 aliphatic rings. The number of hydrogen-bond acceptors (Lipinski definition) is 2. The fourth-order valence-corrected chi connectivity index (χ4v) is 2.20. The molecule has 22 heavy (non-hydrogen) atoms. The highest BCUT2D eigenvalue weighted by Gasteiger charge is 2.33. The SMILES string of the molecule is CCNC(=NCC1(C)COC1)NCCc1cc(F)ccc1F. The van der Waals surface area contributed by atoms with Crippen LogP contribution in [0.5, 0.6) is 0 Å². The molecular weight excluding hydrogens is 288 g/mol. The van der Waals surface area contributed by atoms with Crippen LogP contribution in [-0.2, 0) is 11.2 Å². The normalized spacial score (nSPS) is 17.0. The summed E-state index contributed by atoms with van der Waals surface area (Å²) in [6.45, 7) is 7.47. The smallest absolute Gasteiger partial charge is 0.191 e. The van der Waals surface area contributed by atoms with Gasteiger partial charge < -0.3 is 15.4 Å². The van der Waals surface area contributed by atoms with Gasteiger partial charge >= 0.3 is 0 Å². The molecule has 122 valence electrons. The van der Waals surface area contributed by atoms with E-state index in [0.717, 1.165) is 31.9 Å². The van der Waals surface area contributed by atoms with Crippen LogP contribution in [0.4, 0.5) is 8.78 Å². The van der Waals surface area contributed by atoms with Crippen molar-refractivity contribution in [2.24, 2.45) is 10.4 Å². The van der Waals surface area contributed by atoms with Crippen molar-refractivity contribution in [3.05, 3.63) is 35.4 Å². The van der Waals surface area contributed by atoms with Crippen molar-refractivity contribution >= 4 is 5.96 Å². The van der Waals surface area contributed by atoms with E-state index in [2.05, 4.69) is 22.5 Å². The monoisotopic (exact) mass is 311 g/mol. The lowest BCUT2D eigenvalue weighted by atomic mass is 9.89. The molecule has 0 spiro atoms. The Balaban J connectivity index is 1.85. The Bertz CT molecular complexity index is 530. The molecular formula is C16H23F2N3O. The summed E-state index contributed by atoms with van der Waals surface area (Å²) in [5.74, 6) is -0.119. The van der Waals surface area contributed by atoms with Gasteiger partial charge in [-0.1, -0.05) is 6.92 Å². The van der Waals surface area contributed by atoms with Crippen LogP contribution >= 0.6 is 0 Å². The molecule has 1 aliphatic heterocycles. The molecule has 1 aromatic rings. The molecule has 0 bridgehead atoms. The van der Waals surface area contributed by atoms with Gasteiger partial charge in [0.05, 0.1) is 19.8 Å². The van der Waals surface area contributed by atoms with Gasteiger partial charge in [0, 0.05) is 18.5 Å². The lowest BCUT2D eigenvalue weighted by Crippen LogP contribution is -2.44. The van der Waals surface area contributed by atoms with Gasteiger partial charge in [0.2, 0.25) is 0 Å². The molecule has 0 unspecified atom stereocenters. The Morgan fingerprint density at radius 3 is 2.73 bits per heavy atom. The van der Waals surface area contributed by atoms with E-state index in [-0.39, 0.29) is 11.2 Å². The van der Waals surface area contributed by atoms with Crippen LogP contribution in [0.15, 0.2) is 23.2 Å². The van der Waals surface area contributed by atoms with Crippen LogP contribution in [0.3, 0.4) is 0 Å². The van der Waals surface area contributed by atoms with Gasteiger partial charge in [-0.05, 0) is 37.1 Å². The number of halogens is 2. The van der Waals surface area contributed by atoms with E-state index < -0.39 is 5.82 Å². The minimum absolute atomic E-state index is 0.108. The summed E-state index contributed by atoms with van der Waals surface area (Å²) in [6, 6.07) is 3.51. The van der Waals surface area contributed by atoms with E-state index in [0.29, 0.717) is 31.0 Å². The summed E-state index contributed by atoms with van der Waals surface area (Å²) in [4.78, 5) is 4.52. The third-order valence-corrected chi connectivity index (χ3v) is 3.56. The fourth-order valence-electron chi connectivity index (χ4n) is 2.20. The Kier molecular flexibility index (Phi) is 5.71. The van der Waals surface area contributed by atoms with E-state index in [1.807, 2.05) is 6.92 Å². The van der Waals surface area contributed by atoms with Gasteiger partial charge in [0.1, 0.15) is 11.6 Å². The second kappa shape index (κ2) is 7.54. The first-order chi connectivity index (χ1) is 10.5. The minimum Gasteiger partial charge on any atom is -0.380 e. The van der Waals surface area contributed by atoms with Gasteiger partial charge in [0.25, 0.3) is 0 Å². The Labute approximate surface area is 130 Å². The van der Waals surface area contributed by atoms with Crippen molar-refractivity contribution in [3.8, 4) is 0 Å². The van der Waals surface area contributed by atoms with Crippen LogP contribution in [0.2, 0.25) is 0 Å². The molecule has 1 heterocycles. The molecule has 2 rings (SSSR count). The lowest BCUT2D eigenvalue weighted by molar-refractivity contribution is -0.0945. The van der Waals surface area contributed by atoms with E-state index in [1.54, 1.807) is 0 Å². The summed E-state index contributed by atoms with van der Waals surface area (Å²) in [5, 5.41) is 6.29. The quantitative estimate of drug-likeness (QED) is 0.625. The molecule has 0 aromatic heterocycles. The number of hydrogen-bond donors (Lipinski definition) is 2. The van der Waals surface area contributed by atoms with E-state index in [4.69, 9.17) is 4.74 Å². The second-order valence-electron chi connectivity index (χ2n) is 5.91. The van der Waals surface area contributed by atoms with E-state index in [1.165, 1.54) is 6.07 Å². The predicted octanol–water partition coefficient (Wildman–Crippen LogP) is 2.10. The van der Waals surface area contributed by atoms with Gasteiger partial charge in [-0.3, -0.25) is 4.99 Å². The third-order valence-electron chi connectivity index (χ3n) is 3.56. The first kappa shape index (κ1) is 16.7. The first-order valence-electron chi connectivity index (χ1n) is 7.56. The highest BCUT2D eigenvalue weighted by Crippen LogP contribution is 2.26. The number of aliphatic imine (C=N–C) groups is 1. The van der Waals surface area contributed by atoms with Gasteiger partial charge in [-0.25, -0.2) is 8.78 Å². The van der Waals surface area contributed by atoms with Crippen molar-refractivity contribution in [2.45, 2.75) is 20.3 Å². The fraction of sp³-hybridized carbons (Fsp3) is 0.562.